The van der Waals surface area contributed by atoms with E-state index in [-0.39, 0.29) is 11.9 Å². The molecule has 2 rings (SSSR count). The van der Waals surface area contributed by atoms with E-state index in [9.17, 15) is 9.90 Å². The first-order valence-corrected chi connectivity index (χ1v) is 9.73. The van der Waals surface area contributed by atoms with Crippen LogP contribution >= 0.6 is 11.8 Å². The summed E-state index contributed by atoms with van der Waals surface area (Å²) >= 11 is 1.79. The van der Waals surface area contributed by atoms with Gasteiger partial charge in [-0.2, -0.15) is 11.8 Å². The van der Waals surface area contributed by atoms with Gasteiger partial charge in [0.1, 0.15) is 0 Å². The Morgan fingerprint density at radius 2 is 2.17 bits per heavy atom. The predicted octanol–water partition coefficient (Wildman–Crippen LogP) is 1.09. The molecule has 0 aromatic rings. The quantitative estimate of drug-likeness (QED) is 0.442. The first kappa shape index (κ1) is 18.4. The summed E-state index contributed by atoms with van der Waals surface area (Å²) in [5, 5.41) is 13.7. The zero-order valence-corrected chi connectivity index (χ0v) is 15.0. The summed E-state index contributed by atoms with van der Waals surface area (Å²) in [5.41, 5.74) is -0.658. The second-order valence-corrected chi connectivity index (χ2v) is 7.32. The summed E-state index contributed by atoms with van der Waals surface area (Å²) in [6, 6.07) is 0. The van der Waals surface area contributed by atoms with Crippen LogP contribution in [-0.4, -0.2) is 71.8 Å². The van der Waals surface area contributed by atoms with Crippen LogP contribution in [0.25, 0.3) is 0 Å². The predicted molar refractivity (Wildman–Crippen MR) is 93.8 cm³/mol. The molecule has 0 aromatic carbocycles. The highest BCUT2D eigenvalue weighted by Crippen LogP contribution is 2.28. The van der Waals surface area contributed by atoms with Crippen molar-refractivity contribution in [1.29, 1.82) is 0 Å². The molecule has 2 aliphatic heterocycles. The maximum Gasteiger partial charge on any atom is 0.309 e. The van der Waals surface area contributed by atoms with Crippen molar-refractivity contribution in [3.8, 4) is 0 Å². The highest BCUT2D eigenvalue weighted by Gasteiger charge is 2.32. The maximum absolute atomic E-state index is 11.8. The van der Waals surface area contributed by atoms with Gasteiger partial charge in [-0.25, -0.2) is 0 Å². The van der Waals surface area contributed by atoms with Crippen molar-refractivity contribution < 1.29 is 14.6 Å². The molecular weight excluding hydrogens is 314 g/mol. The third-order valence-electron chi connectivity index (χ3n) is 4.35. The average Bonchev–Trinajstić information content (AvgIpc) is 2.99. The van der Waals surface area contributed by atoms with Gasteiger partial charge in [0.15, 0.2) is 5.96 Å². The summed E-state index contributed by atoms with van der Waals surface area (Å²) < 4.78 is 5.11. The molecule has 0 amide bonds. The highest BCUT2D eigenvalue weighted by molar-refractivity contribution is 7.99. The lowest BCUT2D eigenvalue weighted by molar-refractivity contribution is -0.149. The van der Waals surface area contributed by atoms with Crippen molar-refractivity contribution in [3.63, 3.8) is 0 Å². The lowest BCUT2D eigenvalue weighted by Gasteiger charge is -2.33. The van der Waals surface area contributed by atoms with Crippen LogP contribution in [0.3, 0.4) is 0 Å². The number of esters is 1. The summed E-state index contributed by atoms with van der Waals surface area (Å²) in [7, 11) is 0. The molecular formula is C16H29N3O3S. The molecule has 132 valence electrons. The van der Waals surface area contributed by atoms with E-state index in [1.165, 1.54) is 0 Å². The van der Waals surface area contributed by atoms with Crippen LogP contribution in [0.2, 0.25) is 0 Å². The number of carbonyl (C=O) groups is 1. The molecule has 0 bridgehead atoms. The fraction of sp³-hybridized carbons (Fsp3) is 0.875. The fourth-order valence-corrected chi connectivity index (χ4v) is 4.24. The van der Waals surface area contributed by atoms with Crippen LogP contribution < -0.4 is 5.32 Å². The van der Waals surface area contributed by atoms with E-state index in [1.807, 2.05) is 13.8 Å². The first-order chi connectivity index (χ1) is 11.1. The van der Waals surface area contributed by atoms with Crippen molar-refractivity contribution in [3.05, 3.63) is 0 Å². The van der Waals surface area contributed by atoms with Gasteiger partial charge >= 0.3 is 5.97 Å². The van der Waals surface area contributed by atoms with E-state index in [0.717, 1.165) is 56.4 Å². The zero-order valence-electron chi connectivity index (χ0n) is 14.2. The third kappa shape index (κ3) is 5.28. The number of aliphatic hydroxyl groups is 1. The lowest BCUT2D eigenvalue weighted by Crippen LogP contribution is -2.47. The number of carbonyl (C=O) groups excluding carboxylic acids is 1. The zero-order chi connectivity index (χ0) is 16.7. The van der Waals surface area contributed by atoms with E-state index in [0.29, 0.717) is 13.2 Å². The molecule has 2 fully saturated rings. The molecule has 7 heteroatoms. The number of hydrogen-bond acceptors (Lipinski definition) is 5. The number of thioether (sulfide) groups is 1. The molecule has 2 aliphatic rings. The minimum absolute atomic E-state index is 0.00416. The van der Waals surface area contributed by atoms with Gasteiger partial charge in [-0.1, -0.05) is 0 Å². The Morgan fingerprint density at radius 3 is 2.74 bits per heavy atom. The Bertz CT molecular complexity index is 417. The first-order valence-electron chi connectivity index (χ1n) is 8.58. The molecule has 1 atom stereocenters. The SMILES string of the molecule is CCNC(=NCC1(O)CCSC1)N1CCC(C(=O)OCC)CC1. The van der Waals surface area contributed by atoms with Crippen LogP contribution in [-0.2, 0) is 9.53 Å². The molecule has 0 saturated carbocycles. The number of ether oxygens (including phenoxy) is 1. The van der Waals surface area contributed by atoms with Crippen LogP contribution in [0.4, 0.5) is 0 Å². The normalized spacial score (nSPS) is 26.4. The fourth-order valence-electron chi connectivity index (χ4n) is 2.96. The second-order valence-electron chi connectivity index (χ2n) is 6.21. The summed E-state index contributed by atoms with van der Waals surface area (Å²) in [6.07, 6.45) is 2.40. The second kappa shape index (κ2) is 8.78. The molecule has 23 heavy (non-hydrogen) atoms. The monoisotopic (exact) mass is 343 g/mol. The van der Waals surface area contributed by atoms with E-state index in [1.54, 1.807) is 11.8 Å². The summed E-state index contributed by atoms with van der Waals surface area (Å²) in [5.74, 6) is 2.55. The Balaban J connectivity index is 1.90. The molecule has 2 heterocycles. The van der Waals surface area contributed by atoms with Gasteiger partial charge in [0.2, 0.25) is 0 Å². The number of hydrogen-bond donors (Lipinski definition) is 2. The standard InChI is InChI=1S/C16H29N3O3S/c1-3-17-15(18-11-16(21)7-10-23-12-16)19-8-5-13(6-9-19)14(20)22-4-2/h13,21H,3-12H2,1-2H3,(H,17,18). The maximum atomic E-state index is 11.8. The molecule has 1 unspecified atom stereocenters. The number of nitrogens with one attached hydrogen (secondary N) is 1. The van der Waals surface area contributed by atoms with Crippen LogP contribution in [0.1, 0.15) is 33.1 Å². The summed E-state index contributed by atoms with van der Waals surface area (Å²) in [6.45, 7) is 7.16. The Hall–Kier alpha value is -0.950. The number of nitrogens with zero attached hydrogens (tertiary/aromatic N) is 2. The molecule has 0 radical (unpaired) electrons. The number of aliphatic imine (C=N–C) groups is 1. The molecule has 2 N–H and O–H groups in total. The number of likely N-dealkylation sites (tertiary alicyclic amines) is 1. The van der Waals surface area contributed by atoms with Crippen LogP contribution in [0, 0.1) is 5.92 Å². The van der Waals surface area contributed by atoms with Crippen molar-refractivity contribution in [1.82, 2.24) is 10.2 Å². The Labute approximate surface area is 143 Å². The van der Waals surface area contributed by atoms with Crippen molar-refractivity contribution in [2.75, 3.05) is 44.3 Å². The molecule has 0 aliphatic carbocycles. The van der Waals surface area contributed by atoms with Gasteiger partial charge in [0.05, 0.1) is 24.7 Å². The Morgan fingerprint density at radius 1 is 1.43 bits per heavy atom. The smallest absolute Gasteiger partial charge is 0.309 e. The average molecular weight is 343 g/mol. The lowest BCUT2D eigenvalue weighted by atomic mass is 9.97. The van der Waals surface area contributed by atoms with Gasteiger partial charge in [-0.15, -0.1) is 0 Å². The van der Waals surface area contributed by atoms with E-state index in [2.05, 4.69) is 15.2 Å². The largest absolute Gasteiger partial charge is 0.466 e. The molecule has 2 saturated heterocycles. The van der Waals surface area contributed by atoms with Crippen LogP contribution in [0.15, 0.2) is 4.99 Å². The Kier molecular flexibility index (Phi) is 7.02. The van der Waals surface area contributed by atoms with Gasteiger partial charge in [-0.05, 0) is 38.9 Å². The molecule has 6 nitrogen and oxygen atoms in total. The van der Waals surface area contributed by atoms with E-state index < -0.39 is 5.60 Å². The number of rotatable bonds is 5. The van der Waals surface area contributed by atoms with Gasteiger partial charge in [0, 0.05) is 25.4 Å². The van der Waals surface area contributed by atoms with E-state index >= 15 is 0 Å². The summed E-state index contributed by atoms with van der Waals surface area (Å²) in [4.78, 5) is 18.7. The minimum atomic E-state index is -0.658. The topological polar surface area (TPSA) is 74.2 Å². The van der Waals surface area contributed by atoms with Gasteiger partial charge in [0.25, 0.3) is 0 Å². The van der Waals surface area contributed by atoms with E-state index in [4.69, 9.17) is 4.74 Å². The molecule has 0 aromatic heterocycles. The van der Waals surface area contributed by atoms with Crippen molar-refractivity contribution in [2.24, 2.45) is 10.9 Å². The van der Waals surface area contributed by atoms with Crippen molar-refractivity contribution >= 4 is 23.7 Å². The number of piperidine rings is 1. The number of guanidine groups is 1. The van der Waals surface area contributed by atoms with Crippen LogP contribution in [0.5, 0.6) is 0 Å². The van der Waals surface area contributed by atoms with Gasteiger partial charge < -0.3 is 20.1 Å². The van der Waals surface area contributed by atoms with Gasteiger partial charge in [-0.3, -0.25) is 9.79 Å². The van der Waals surface area contributed by atoms with Crippen molar-refractivity contribution in [2.45, 2.75) is 38.7 Å². The highest BCUT2D eigenvalue weighted by atomic mass is 32.2. The third-order valence-corrected chi connectivity index (χ3v) is 5.59. The minimum Gasteiger partial charge on any atom is -0.466 e. The molecule has 0 spiro atoms.